The van der Waals surface area contributed by atoms with Crippen LogP contribution in [0.3, 0.4) is 0 Å². The molecule has 2 aromatic heterocycles. The summed E-state index contributed by atoms with van der Waals surface area (Å²) < 4.78 is 32.8. The van der Waals surface area contributed by atoms with Gasteiger partial charge in [-0.2, -0.15) is 0 Å². The first-order valence-electron chi connectivity index (χ1n) is 15.4. The maximum Gasteiger partial charge on any atom is 0.411 e. The fourth-order valence-corrected chi connectivity index (χ4v) is 6.02. The molecule has 0 spiro atoms. The van der Waals surface area contributed by atoms with Gasteiger partial charge in [-0.3, -0.25) is 5.32 Å². The average Bonchev–Trinajstić information content (AvgIpc) is 3.09. The van der Waals surface area contributed by atoms with Gasteiger partial charge in [-0.15, -0.1) is 0 Å². The van der Waals surface area contributed by atoms with Crippen molar-refractivity contribution in [2.45, 2.75) is 32.8 Å². The summed E-state index contributed by atoms with van der Waals surface area (Å²) in [6.45, 7) is 1.74. The molecule has 2 heterocycles. The van der Waals surface area contributed by atoms with Gasteiger partial charge in [0.2, 0.25) is 5.75 Å². The van der Waals surface area contributed by atoms with Crippen molar-refractivity contribution in [3.63, 3.8) is 0 Å². The third kappa shape index (κ3) is 6.39. The average molecular weight is 651 g/mol. The highest BCUT2D eigenvalue weighted by atomic mass is 16.5. The highest BCUT2D eigenvalue weighted by Gasteiger charge is 2.27. The van der Waals surface area contributed by atoms with Crippen molar-refractivity contribution in [3.05, 3.63) is 99.0 Å². The number of esters is 1. The highest BCUT2D eigenvalue weighted by Crippen LogP contribution is 2.41. The lowest BCUT2D eigenvalue weighted by Crippen LogP contribution is -2.16. The number of pyridine rings is 1. The Morgan fingerprint density at radius 2 is 1.69 bits per heavy atom. The van der Waals surface area contributed by atoms with Crippen LogP contribution in [0.2, 0.25) is 0 Å². The van der Waals surface area contributed by atoms with Gasteiger partial charge in [0.05, 0.1) is 44.7 Å². The molecule has 1 N–H and O–H groups in total. The normalized spacial score (nSPS) is 13.2. The second-order valence-corrected chi connectivity index (χ2v) is 11.0. The van der Waals surface area contributed by atoms with E-state index in [0.717, 1.165) is 35.2 Å². The van der Waals surface area contributed by atoms with Crippen molar-refractivity contribution in [2.24, 2.45) is 0 Å². The van der Waals surface area contributed by atoms with Gasteiger partial charge in [0.25, 0.3) is 0 Å². The van der Waals surface area contributed by atoms with Crippen LogP contribution in [0.25, 0.3) is 33.5 Å². The maximum atomic E-state index is 14.0. The number of hydrogen-bond donors (Lipinski definition) is 1. The number of rotatable bonds is 9. The van der Waals surface area contributed by atoms with Crippen molar-refractivity contribution in [1.82, 2.24) is 4.98 Å². The molecule has 0 aliphatic heterocycles. The summed E-state index contributed by atoms with van der Waals surface area (Å²) in [6.07, 6.45) is 3.59. The summed E-state index contributed by atoms with van der Waals surface area (Å²) in [6, 6.07) is 17.4. The summed E-state index contributed by atoms with van der Waals surface area (Å²) in [5.41, 5.74) is 4.91. The molecule has 48 heavy (non-hydrogen) atoms. The first kappa shape index (κ1) is 32.1. The predicted octanol–water partition coefficient (Wildman–Crippen LogP) is 7.17. The molecule has 0 saturated carbocycles. The van der Waals surface area contributed by atoms with Gasteiger partial charge < -0.3 is 28.1 Å². The molecule has 1 aliphatic rings. The second kappa shape index (κ2) is 13.9. The quantitative estimate of drug-likeness (QED) is 0.129. The van der Waals surface area contributed by atoms with Crippen LogP contribution in [0.1, 0.15) is 52.5 Å². The van der Waals surface area contributed by atoms with E-state index in [9.17, 15) is 14.4 Å². The molecule has 0 radical (unpaired) electrons. The summed E-state index contributed by atoms with van der Waals surface area (Å²) in [4.78, 5) is 43.3. The molecule has 0 fully saturated rings. The SMILES string of the molecule is CCOC(=O)Nc1ccc2c(COC(=O)c3c4c(nc5ccccc35)C(=Cc3cc(OC)c(OC)c(OC)c3)CCC4)cc(=O)oc2c1. The number of benzene rings is 3. The predicted molar refractivity (Wildman–Crippen MR) is 181 cm³/mol. The van der Waals surface area contributed by atoms with Crippen molar-refractivity contribution in [3.8, 4) is 17.2 Å². The number of carbonyl (C=O) groups is 2. The number of ether oxygens (including phenoxy) is 5. The molecule has 0 saturated heterocycles. The Morgan fingerprint density at radius 1 is 0.917 bits per heavy atom. The van der Waals surface area contributed by atoms with Crippen molar-refractivity contribution < 1.29 is 37.7 Å². The molecule has 0 atom stereocenters. The van der Waals surface area contributed by atoms with Gasteiger partial charge in [-0.25, -0.2) is 19.4 Å². The van der Waals surface area contributed by atoms with Crippen LogP contribution in [0.5, 0.6) is 17.2 Å². The van der Waals surface area contributed by atoms with Crippen LogP contribution in [-0.2, 0) is 22.5 Å². The summed E-state index contributed by atoms with van der Waals surface area (Å²) in [5.74, 6) is 1.04. The number of amides is 1. The van der Waals surface area contributed by atoms with E-state index in [1.54, 1.807) is 40.4 Å². The van der Waals surface area contributed by atoms with Crippen molar-refractivity contribution >= 4 is 51.3 Å². The highest BCUT2D eigenvalue weighted by molar-refractivity contribution is 6.07. The van der Waals surface area contributed by atoms with Gasteiger partial charge in [0.15, 0.2) is 11.5 Å². The van der Waals surface area contributed by atoms with Gasteiger partial charge in [-0.05, 0) is 79.3 Å². The number of carbonyl (C=O) groups excluding carboxylic acids is 2. The topological polar surface area (TPSA) is 135 Å². The van der Waals surface area contributed by atoms with Crippen LogP contribution in [0.15, 0.2) is 69.9 Å². The van der Waals surface area contributed by atoms with Crippen molar-refractivity contribution in [1.29, 1.82) is 0 Å². The number of hydrogen-bond acceptors (Lipinski definition) is 10. The summed E-state index contributed by atoms with van der Waals surface area (Å²) in [5, 5.41) is 3.84. The largest absolute Gasteiger partial charge is 0.493 e. The van der Waals surface area contributed by atoms with Gasteiger partial charge >= 0.3 is 17.7 Å². The second-order valence-electron chi connectivity index (χ2n) is 11.0. The smallest absolute Gasteiger partial charge is 0.411 e. The van der Waals surface area contributed by atoms with E-state index in [1.165, 1.54) is 12.1 Å². The Balaban J connectivity index is 1.36. The lowest BCUT2D eigenvalue weighted by atomic mass is 9.86. The lowest BCUT2D eigenvalue weighted by Gasteiger charge is -2.23. The minimum atomic E-state index is -0.626. The zero-order valence-electron chi connectivity index (χ0n) is 27.0. The van der Waals surface area contributed by atoms with Crippen LogP contribution in [0, 0.1) is 0 Å². The van der Waals surface area contributed by atoms with Crippen molar-refractivity contribution in [2.75, 3.05) is 33.3 Å². The monoisotopic (exact) mass is 650 g/mol. The third-order valence-electron chi connectivity index (χ3n) is 8.11. The minimum Gasteiger partial charge on any atom is -0.493 e. The first-order valence-corrected chi connectivity index (χ1v) is 15.4. The summed E-state index contributed by atoms with van der Waals surface area (Å²) in [7, 11) is 4.70. The standard InChI is InChI=1S/C37H34N2O9/c1-5-46-37(42)38-24-13-14-25-23(18-32(40)48-29(25)19-24)20-47-36(41)33-26-10-6-7-12-28(26)39-34-22(9-8-11-27(33)34)15-21-16-30(43-2)35(45-4)31(17-21)44-3/h6-7,10,12-19H,5,8-9,11,20H2,1-4H3,(H,38,42). The third-order valence-corrected chi connectivity index (χ3v) is 8.11. The Labute approximate surface area is 276 Å². The molecule has 11 nitrogen and oxygen atoms in total. The number of allylic oxidation sites excluding steroid dienone is 1. The maximum absolute atomic E-state index is 14.0. The number of anilines is 1. The van der Waals surface area contributed by atoms with E-state index >= 15 is 0 Å². The zero-order valence-corrected chi connectivity index (χ0v) is 27.0. The summed E-state index contributed by atoms with van der Waals surface area (Å²) >= 11 is 0. The zero-order chi connectivity index (χ0) is 33.8. The van der Waals surface area contributed by atoms with E-state index < -0.39 is 17.7 Å². The number of fused-ring (bicyclic) bond motifs is 3. The van der Waals surface area contributed by atoms with Crippen LogP contribution in [0.4, 0.5) is 10.5 Å². The number of para-hydroxylation sites is 1. The molecule has 5 aromatic rings. The van der Waals surface area contributed by atoms with Gasteiger partial charge in [0, 0.05) is 34.2 Å². The molecule has 6 rings (SSSR count). The molecule has 246 valence electrons. The fourth-order valence-electron chi connectivity index (χ4n) is 6.02. The van der Waals surface area contributed by atoms with E-state index in [-0.39, 0.29) is 18.8 Å². The van der Waals surface area contributed by atoms with Crippen LogP contribution < -0.4 is 25.2 Å². The first-order chi connectivity index (χ1) is 23.3. The lowest BCUT2D eigenvalue weighted by molar-refractivity contribution is 0.0474. The number of methoxy groups -OCH3 is 3. The number of nitrogens with zero attached hydrogens (tertiary/aromatic N) is 1. The van der Waals surface area contributed by atoms with E-state index in [4.69, 9.17) is 33.1 Å². The molecule has 11 heteroatoms. The van der Waals surface area contributed by atoms with E-state index in [1.807, 2.05) is 42.5 Å². The number of nitrogens with one attached hydrogen (secondary N) is 1. The number of aromatic nitrogens is 1. The van der Waals surface area contributed by atoms with E-state index in [2.05, 4.69) is 5.32 Å². The molecule has 1 aliphatic carbocycles. The molecular weight excluding hydrogens is 616 g/mol. The van der Waals surface area contributed by atoms with Crippen LogP contribution in [-0.4, -0.2) is 45.0 Å². The Morgan fingerprint density at radius 3 is 2.42 bits per heavy atom. The Hall–Kier alpha value is -5.84. The van der Waals surface area contributed by atoms with E-state index in [0.29, 0.717) is 56.8 Å². The molecule has 0 bridgehead atoms. The minimum absolute atomic E-state index is 0.175. The molecule has 1 amide bonds. The van der Waals surface area contributed by atoms with Crippen LogP contribution >= 0.6 is 0 Å². The fraction of sp³-hybridized carbons (Fsp3) is 0.243. The molecule has 0 unspecified atom stereocenters. The van der Waals surface area contributed by atoms with Gasteiger partial charge in [0.1, 0.15) is 12.2 Å². The van der Waals surface area contributed by atoms with Gasteiger partial charge in [-0.1, -0.05) is 18.2 Å². The Kier molecular flexibility index (Phi) is 9.29. The molecule has 3 aromatic carbocycles. The molecular formula is C37H34N2O9. The Bertz CT molecular complexity index is 2110.